The van der Waals surface area contributed by atoms with Crippen molar-refractivity contribution in [2.45, 2.75) is 19.5 Å². The summed E-state index contributed by atoms with van der Waals surface area (Å²) in [6.07, 6.45) is 1.59. The molecule has 33 heavy (non-hydrogen) atoms. The second-order valence-electron chi connectivity index (χ2n) is 8.41. The van der Waals surface area contributed by atoms with E-state index in [9.17, 15) is 9.90 Å². The Kier molecular flexibility index (Phi) is 6.76. The number of methoxy groups -OCH3 is 2. The monoisotopic (exact) mass is 453 g/mol. The Labute approximate surface area is 193 Å². The number of rotatable bonds is 7. The molecule has 0 saturated carbocycles. The first-order valence-electron chi connectivity index (χ1n) is 11.0. The van der Waals surface area contributed by atoms with E-state index in [0.717, 1.165) is 31.7 Å². The highest BCUT2D eigenvalue weighted by atomic mass is 16.5. The Balaban J connectivity index is 1.86. The summed E-state index contributed by atoms with van der Waals surface area (Å²) in [5, 5.41) is 11.0. The summed E-state index contributed by atoms with van der Waals surface area (Å²) in [7, 11) is 5.27. The molecule has 0 bridgehead atoms. The predicted octanol–water partition coefficient (Wildman–Crippen LogP) is 2.86. The number of aromatic nitrogens is 1. The summed E-state index contributed by atoms with van der Waals surface area (Å²) >= 11 is 0. The lowest BCUT2D eigenvalue weighted by Crippen LogP contribution is -2.47. The number of piperazine rings is 1. The molecule has 1 saturated heterocycles. The highest BCUT2D eigenvalue weighted by molar-refractivity contribution is 5.48. The minimum Gasteiger partial charge on any atom is -0.507 e. The third-order valence-corrected chi connectivity index (χ3v) is 6.32. The van der Waals surface area contributed by atoms with Gasteiger partial charge in [-0.2, -0.15) is 0 Å². The molecule has 8 heteroatoms. The van der Waals surface area contributed by atoms with Gasteiger partial charge in [0.05, 0.1) is 38.6 Å². The van der Waals surface area contributed by atoms with Crippen molar-refractivity contribution in [1.82, 2.24) is 14.4 Å². The molecule has 0 radical (unpaired) electrons. The van der Waals surface area contributed by atoms with Crippen LogP contribution in [0.2, 0.25) is 0 Å². The average Bonchev–Trinajstić information content (AvgIpc) is 3.33. The van der Waals surface area contributed by atoms with Gasteiger partial charge in [0.1, 0.15) is 11.5 Å². The zero-order valence-corrected chi connectivity index (χ0v) is 19.6. The fraction of sp³-hybridized carbons (Fsp3) is 0.400. The van der Waals surface area contributed by atoms with Crippen LogP contribution >= 0.6 is 0 Å². The highest BCUT2D eigenvalue weighted by Gasteiger charge is 2.31. The largest absolute Gasteiger partial charge is 0.507 e. The lowest BCUT2D eigenvalue weighted by atomic mass is 9.95. The van der Waals surface area contributed by atoms with Crippen molar-refractivity contribution < 1.29 is 19.0 Å². The van der Waals surface area contributed by atoms with Crippen LogP contribution in [0, 0.1) is 6.92 Å². The molecular formula is C25H31N3O5. The van der Waals surface area contributed by atoms with Crippen LogP contribution in [-0.2, 0) is 6.54 Å². The summed E-state index contributed by atoms with van der Waals surface area (Å²) < 4.78 is 18.1. The van der Waals surface area contributed by atoms with Crippen molar-refractivity contribution >= 4 is 0 Å². The predicted molar refractivity (Wildman–Crippen MR) is 125 cm³/mol. The molecule has 2 aromatic heterocycles. The molecular weight excluding hydrogens is 422 g/mol. The average molecular weight is 454 g/mol. The first-order valence-corrected chi connectivity index (χ1v) is 11.0. The minimum atomic E-state index is -0.436. The maximum absolute atomic E-state index is 13.8. The number of aromatic hydroxyl groups is 1. The molecule has 176 valence electrons. The molecule has 0 aliphatic carbocycles. The van der Waals surface area contributed by atoms with Crippen LogP contribution in [0.5, 0.6) is 17.2 Å². The van der Waals surface area contributed by atoms with Gasteiger partial charge in [0, 0.05) is 31.9 Å². The summed E-state index contributed by atoms with van der Waals surface area (Å²) in [6, 6.07) is 10.5. The van der Waals surface area contributed by atoms with Crippen molar-refractivity contribution in [3.05, 3.63) is 75.6 Å². The Morgan fingerprint density at radius 3 is 2.42 bits per heavy atom. The standard InChI is InChI=1S/C25H31N3O5/c1-17-14-20(29)23(25(30)28(17)16-19-6-5-13-33-19)24(27-11-9-26(2)10-12-27)18-7-8-21(31-3)22(15-18)32-4/h5-8,13-15,24,29H,9-12,16H2,1-4H3/t24-/m1/s1. The summed E-state index contributed by atoms with van der Waals surface area (Å²) in [6.45, 7) is 5.39. The number of hydrogen-bond donors (Lipinski definition) is 1. The molecule has 0 spiro atoms. The minimum absolute atomic E-state index is 0.00749. The molecule has 1 fully saturated rings. The summed E-state index contributed by atoms with van der Waals surface area (Å²) in [5.74, 6) is 1.87. The summed E-state index contributed by atoms with van der Waals surface area (Å²) in [4.78, 5) is 18.3. The lowest BCUT2D eigenvalue weighted by molar-refractivity contribution is 0.125. The molecule has 1 N–H and O–H groups in total. The molecule has 1 aliphatic heterocycles. The van der Waals surface area contributed by atoms with Crippen molar-refractivity contribution in [3.8, 4) is 17.2 Å². The first kappa shape index (κ1) is 22.9. The first-order chi connectivity index (χ1) is 15.9. The normalized spacial score (nSPS) is 16.0. The Hall–Kier alpha value is -3.23. The van der Waals surface area contributed by atoms with Gasteiger partial charge in [-0.3, -0.25) is 9.69 Å². The number of aryl methyl sites for hydroxylation is 1. The number of furan rings is 1. The van der Waals surface area contributed by atoms with Gasteiger partial charge in [-0.1, -0.05) is 6.07 Å². The van der Waals surface area contributed by atoms with Crippen LogP contribution in [0.1, 0.15) is 28.6 Å². The van der Waals surface area contributed by atoms with Crippen LogP contribution in [0.3, 0.4) is 0 Å². The van der Waals surface area contributed by atoms with Gasteiger partial charge in [0.25, 0.3) is 5.56 Å². The van der Waals surface area contributed by atoms with E-state index in [1.165, 1.54) is 0 Å². The van der Waals surface area contributed by atoms with E-state index in [2.05, 4.69) is 16.8 Å². The third-order valence-electron chi connectivity index (χ3n) is 6.32. The van der Waals surface area contributed by atoms with Gasteiger partial charge in [0.15, 0.2) is 11.5 Å². The zero-order chi connectivity index (χ0) is 23.5. The van der Waals surface area contributed by atoms with E-state index in [-0.39, 0.29) is 11.3 Å². The molecule has 1 aliphatic rings. The van der Waals surface area contributed by atoms with Crippen LogP contribution in [0.15, 0.2) is 51.9 Å². The number of benzene rings is 1. The summed E-state index contributed by atoms with van der Waals surface area (Å²) in [5.41, 5.74) is 1.65. The topological polar surface area (TPSA) is 80.3 Å². The number of hydrogen-bond acceptors (Lipinski definition) is 7. The highest BCUT2D eigenvalue weighted by Crippen LogP contribution is 2.37. The fourth-order valence-electron chi connectivity index (χ4n) is 4.44. The van der Waals surface area contributed by atoms with Crippen LogP contribution in [0.4, 0.5) is 0 Å². The Morgan fingerprint density at radius 1 is 1.06 bits per heavy atom. The lowest BCUT2D eigenvalue weighted by Gasteiger charge is -2.38. The smallest absolute Gasteiger partial charge is 0.260 e. The molecule has 0 unspecified atom stereocenters. The number of ether oxygens (including phenoxy) is 2. The van der Waals surface area contributed by atoms with Gasteiger partial charge < -0.3 is 28.5 Å². The maximum atomic E-state index is 13.8. The molecule has 0 amide bonds. The van der Waals surface area contributed by atoms with E-state index < -0.39 is 6.04 Å². The molecule has 8 nitrogen and oxygen atoms in total. The second-order valence-corrected chi connectivity index (χ2v) is 8.41. The van der Waals surface area contributed by atoms with Crippen LogP contribution in [-0.4, -0.2) is 66.9 Å². The van der Waals surface area contributed by atoms with Gasteiger partial charge >= 0.3 is 0 Å². The van der Waals surface area contributed by atoms with Gasteiger partial charge in [-0.15, -0.1) is 0 Å². The Morgan fingerprint density at radius 2 is 1.79 bits per heavy atom. The van der Waals surface area contributed by atoms with E-state index >= 15 is 0 Å². The van der Waals surface area contributed by atoms with E-state index in [4.69, 9.17) is 13.9 Å². The van der Waals surface area contributed by atoms with Gasteiger partial charge in [-0.05, 0) is 49.9 Å². The van der Waals surface area contributed by atoms with E-state index in [1.54, 1.807) is 37.2 Å². The number of pyridine rings is 1. The molecule has 3 heterocycles. The van der Waals surface area contributed by atoms with Gasteiger partial charge in [0.2, 0.25) is 0 Å². The quantitative estimate of drug-likeness (QED) is 0.589. The third kappa shape index (κ3) is 4.62. The van der Waals surface area contributed by atoms with Crippen molar-refractivity contribution in [2.24, 2.45) is 0 Å². The van der Waals surface area contributed by atoms with Crippen LogP contribution < -0.4 is 15.0 Å². The molecule has 4 rings (SSSR count). The molecule has 1 atom stereocenters. The maximum Gasteiger partial charge on any atom is 0.260 e. The van der Waals surface area contributed by atoms with Gasteiger partial charge in [-0.25, -0.2) is 0 Å². The molecule has 1 aromatic carbocycles. The van der Waals surface area contributed by atoms with Crippen molar-refractivity contribution in [3.63, 3.8) is 0 Å². The fourth-order valence-corrected chi connectivity index (χ4v) is 4.44. The molecule has 3 aromatic rings. The number of nitrogens with zero attached hydrogens (tertiary/aromatic N) is 3. The second kappa shape index (κ2) is 9.72. The Bertz CT molecular complexity index is 1150. The van der Waals surface area contributed by atoms with Crippen molar-refractivity contribution in [2.75, 3.05) is 47.4 Å². The number of likely N-dealkylation sites (N-methyl/N-ethyl adjacent to an activating group) is 1. The van der Waals surface area contributed by atoms with E-state index in [1.807, 2.05) is 31.2 Å². The van der Waals surface area contributed by atoms with Crippen molar-refractivity contribution in [1.29, 1.82) is 0 Å². The SMILES string of the molecule is COc1ccc([C@H](c2c(O)cc(C)n(Cc3ccco3)c2=O)N2CCN(C)CC2)cc1OC. The van der Waals surface area contributed by atoms with E-state index in [0.29, 0.717) is 35.1 Å². The van der Waals surface area contributed by atoms with Crippen LogP contribution in [0.25, 0.3) is 0 Å². The zero-order valence-electron chi connectivity index (χ0n) is 19.6.